The number of nitrogens with one attached hydrogen (secondary N) is 1. The average molecular weight is 285 g/mol. The van der Waals surface area contributed by atoms with Crippen LogP contribution in [0, 0.1) is 17.8 Å². The molecule has 0 spiro atoms. The number of allylic oxidation sites excluding steroid dienone is 2. The molecule has 0 saturated heterocycles. The SMILES string of the molecule is CCOC(=O)c1ccc(NC(C)C2CC3C=CC2C3)cc1. The maximum atomic E-state index is 11.6. The van der Waals surface area contributed by atoms with E-state index in [1.165, 1.54) is 12.8 Å². The van der Waals surface area contributed by atoms with Crippen molar-refractivity contribution in [2.45, 2.75) is 32.7 Å². The molecule has 0 aliphatic heterocycles. The summed E-state index contributed by atoms with van der Waals surface area (Å²) in [6.07, 6.45) is 7.40. The van der Waals surface area contributed by atoms with Crippen LogP contribution in [0.25, 0.3) is 0 Å². The van der Waals surface area contributed by atoms with Gasteiger partial charge in [0.25, 0.3) is 0 Å². The number of carbonyl (C=O) groups excluding carboxylic acids is 1. The molecule has 3 heteroatoms. The number of hydrogen-bond donors (Lipinski definition) is 1. The first kappa shape index (κ1) is 14.2. The van der Waals surface area contributed by atoms with E-state index in [-0.39, 0.29) is 5.97 Å². The Morgan fingerprint density at radius 2 is 2.05 bits per heavy atom. The molecule has 1 N–H and O–H groups in total. The highest BCUT2D eigenvalue weighted by Gasteiger charge is 2.38. The summed E-state index contributed by atoms with van der Waals surface area (Å²) >= 11 is 0. The van der Waals surface area contributed by atoms with Crippen molar-refractivity contribution in [3.05, 3.63) is 42.0 Å². The van der Waals surface area contributed by atoms with Gasteiger partial charge in [0.05, 0.1) is 12.2 Å². The number of carbonyl (C=O) groups is 1. The predicted molar refractivity (Wildman–Crippen MR) is 84.3 cm³/mol. The standard InChI is InChI=1S/C18H23NO2/c1-3-21-18(20)14-6-8-16(9-7-14)19-12(2)17-11-13-4-5-15(17)10-13/h4-9,12-13,15,17,19H,3,10-11H2,1-2H3. The third kappa shape index (κ3) is 2.97. The highest BCUT2D eigenvalue weighted by atomic mass is 16.5. The summed E-state index contributed by atoms with van der Waals surface area (Å²) in [5.74, 6) is 2.02. The van der Waals surface area contributed by atoms with Crippen molar-refractivity contribution in [1.82, 2.24) is 0 Å². The van der Waals surface area contributed by atoms with E-state index in [0.717, 1.165) is 23.4 Å². The van der Waals surface area contributed by atoms with Gasteiger partial charge in [-0.05, 0) is 68.7 Å². The monoisotopic (exact) mass is 285 g/mol. The molecule has 4 unspecified atom stereocenters. The second kappa shape index (κ2) is 5.92. The summed E-state index contributed by atoms with van der Waals surface area (Å²) in [5, 5.41) is 3.58. The van der Waals surface area contributed by atoms with Crippen molar-refractivity contribution >= 4 is 11.7 Å². The number of benzene rings is 1. The van der Waals surface area contributed by atoms with Crippen molar-refractivity contribution in [3.8, 4) is 0 Å². The summed E-state index contributed by atoms with van der Waals surface area (Å²) in [5.41, 5.74) is 1.68. The number of hydrogen-bond acceptors (Lipinski definition) is 3. The van der Waals surface area contributed by atoms with Gasteiger partial charge in [0, 0.05) is 11.7 Å². The summed E-state index contributed by atoms with van der Waals surface area (Å²) in [4.78, 5) is 11.6. The van der Waals surface area contributed by atoms with E-state index in [2.05, 4.69) is 24.4 Å². The van der Waals surface area contributed by atoms with Gasteiger partial charge >= 0.3 is 5.97 Å². The van der Waals surface area contributed by atoms with Gasteiger partial charge < -0.3 is 10.1 Å². The van der Waals surface area contributed by atoms with Crippen LogP contribution in [0.4, 0.5) is 5.69 Å². The second-order valence-corrected chi connectivity index (χ2v) is 6.17. The number of ether oxygens (including phenoxy) is 1. The minimum Gasteiger partial charge on any atom is -0.462 e. The lowest BCUT2D eigenvalue weighted by atomic mass is 9.87. The Morgan fingerprint density at radius 3 is 2.62 bits per heavy atom. The van der Waals surface area contributed by atoms with Crippen molar-refractivity contribution in [1.29, 1.82) is 0 Å². The molecule has 3 nitrogen and oxygen atoms in total. The van der Waals surface area contributed by atoms with Crippen molar-refractivity contribution in [2.24, 2.45) is 17.8 Å². The number of rotatable bonds is 5. The molecule has 1 aromatic rings. The largest absolute Gasteiger partial charge is 0.462 e. The van der Waals surface area contributed by atoms with Crippen molar-refractivity contribution in [3.63, 3.8) is 0 Å². The van der Waals surface area contributed by atoms with Gasteiger partial charge in [0.15, 0.2) is 0 Å². The van der Waals surface area contributed by atoms with Gasteiger partial charge in [-0.1, -0.05) is 12.2 Å². The molecule has 0 radical (unpaired) electrons. The molecule has 0 aromatic heterocycles. The fourth-order valence-corrected chi connectivity index (χ4v) is 3.69. The third-order valence-corrected chi connectivity index (χ3v) is 4.76. The highest BCUT2D eigenvalue weighted by Crippen LogP contribution is 2.45. The van der Waals surface area contributed by atoms with Gasteiger partial charge in [-0.3, -0.25) is 0 Å². The summed E-state index contributed by atoms with van der Waals surface area (Å²) in [7, 11) is 0. The van der Waals surface area contributed by atoms with Gasteiger partial charge in [-0.25, -0.2) is 4.79 Å². The van der Waals surface area contributed by atoms with Gasteiger partial charge in [-0.2, -0.15) is 0 Å². The van der Waals surface area contributed by atoms with Crippen LogP contribution in [-0.4, -0.2) is 18.6 Å². The molecule has 1 aromatic carbocycles. The zero-order valence-corrected chi connectivity index (χ0v) is 12.7. The molecule has 1 fully saturated rings. The summed E-state index contributed by atoms with van der Waals surface area (Å²) in [6.45, 7) is 4.49. The first-order valence-corrected chi connectivity index (χ1v) is 7.89. The number of fused-ring (bicyclic) bond motifs is 2. The lowest BCUT2D eigenvalue weighted by Gasteiger charge is -2.27. The lowest BCUT2D eigenvalue weighted by Crippen LogP contribution is -2.28. The Hall–Kier alpha value is -1.77. The lowest BCUT2D eigenvalue weighted by molar-refractivity contribution is 0.0526. The van der Waals surface area contributed by atoms with Gasteiger partial charge in [0.2, 0.25) is 0 Å². The zero-order valence-electron chi connectivity index (χ0n) is 12.7. The average Bonchev–Trinajstić information content (AvgIpc) is 3.11. The zero-order chi connectivity index (χ0) is 14.8. The molecule has 1 saturated carbocycles. The molecule has 2 aliphatic carbocycles. The van der Waals surface area contributed by atoms with E-state index in [1.54, 1.807) is 0 Å². The van der Waals surface area contributed by atoms with Crippen LogP contribution in [0.5, 0.6) is 0 Å². The van der Waals surface area contributed by atoms with Crippen molar-refractivity contribution in [2.75, 3.05) is 11.9 Å². The fraction of sp³-hybridized carbons (Fsp3) is 0.500. The minimum absolute atomic E-state index is 0.254. The van der Waals surface area contributed by atoms with E-state index < -0.39 is 0 Å². The van der Waals surface area contributed by atoms with E-state index in [0.29, 0.717) is 18.2 Å². The highest BCUT2D eigenvalue weighted by molar-refractivity contribution is 5.89. The van der Waals surface area contributed by atoms with Crippen LogP contribution in [0.2, 0.25) is 0 Å². The molecule has 4 atom stereocenters. The normalized spacial score (nSPS) is 27.6. The molecule has 2 aliphatic rings. The Kier molecular flexibility index (Phi) is 4.00. The Bertz CT molecular complexity index is 535. The first-order valence-electron chi connectivity index (χ1n) is 7.89. The molecule has 2 bridgehead atoms. The number of esters is 1. The molecule has 0 amide bonds. The van der Waals surface area contributed by atoms with E-state index in [4.69, 9.17) is 4.74 Å². The first-order chi connectivity index (χ1) is 10.2. The van der Waals surface area contributed by atoms with E-state index >= 15 is 0 Å². The Balaban J connectivity index is 1.60. The maximum absolute atomic E-state index is 11.6. The van der Waals surface area contributed by atoms with Crippen LogP contribution in [0.3, 0.4) is 0 Å². The predicted octanol–water partition coefficient (Wildman–Crippen LogP) is 3.88. The van der Waals surface area contributed by atoms with E-state index in [9.17, 15) is 4.79 Å². The molecular weight excluding hydrogens is 262 g/mol. The van der Waals surface area contributed by atoms with Crippen LogP contribution < -0.4 is 5.32 Å². The van der Waals surface area contributed by atoms with Gasteiger partial charge in [-0.15, -0.1) is 0 Å². The van der Waals surface area contributed by atoms with E-state index in [1.807, 2.05) is 31.2 Å². The molecule has 21 heavy (non-hydrogen) atoms. The topological polar surface area (TPSA) is 38.3 Å². The third-order valence-electron chi connectivity index (χ3n) is 4.76. The quantitative estimate of drug-likeness (QED) is 0.659. The molecule has 112 valence electrons. The van der Waals surface area contributed by atoms with Crippen molar-refractivity contribution < 1.29 is 9.53 Å². The van der Waals surface area contributed by atoms with Crippen LogP contribution in [0.1, 0.15) is 37.0 Å². The summed E-state index contributed by atoms with van der Waals surface area (Å²) in [6, 6.07) is 8.04. The second-order valence-electron chi connectivity index (χ2n) is 6.17. The minimum atomic E-state index is -0.254. The van der Waals surface area contributed by atoms with Gasteiger partial charge in [0.1, 0.15) is 0 Å². The maximum Gasteiger partial charge on any atom is 0.338 e. The van der Waals surface area contributed by atoms with Crippen LogP contribution >= 0.6 is 0 Å². The van der Waals surface area contributed by atoms with Crippen LogP contribution in [0.15, 0.2) is 36.4 Å². The molecule has 3 rings (SSSR count). The molecular formula is C18H23NO2. The smallest absolute Gasteiger partial charge is 0.338 e. The number of anilines is 1. The Labute approximate surface area is 126 Å². The van der Waals surface area contributed by atoms with Crippen LogP contribution in [-0.2, 0) is 4.74 Å². The summed E-state index contributed by atoms with van der Waals surface area (Å²) < 4.78 is 5.00. The fourth-order valence-electron chi connectivity index (χ4n) is 3.69. The Morgan fingerprint density at radius 1 is 1.29 bits per heavy atom. The molecule has 0 heterocycles.